The van der Waals surface area contributed by atoms with Gasteiger partial charge in [0.15, 0.2) is 0 Å². The Hall–Kier alpha value is -2.34. The molecule has 6 heteroatoms. The molecule has 1 amide bonds. The van der Waals surface area contributed by atoms with Crippen molar-refractivity contribution in [3.63, 3.8) is 0 Å². The number of anilines is 1. The summed E-state index contributed by atoms with van der Waals surface area (Å²) in [5.74, 6) is -0.265. The second-order valence-corrected chi connectivity index (χ2v) is 9.06. The molecule has 0 radical (unpaired) electrons. The highest BCUT2D eigenvalue weighted by molar-refractivity contribution is 7.92. The molecule has 1 atom stereocenters. The first-order valence-corrected chi connectivity index (χ1v) is 11.5. The number of carbonyl (C=O) groups is 1. The molecule has 1 N–H and O–H groups in total. The van der Waals surface area contributed by atoms with E-state index in [2.05, 4.69) is 30.4 Å². The zero-order chi connectivity index (χ0) is 20.7. The number of amides is 1. The fraction of sp³-hybridized carbons (Fsp3) is 0.409. The normalized spacial score (nSPS) is 12.4. The summed E-state index contributed by atoms with van der Waals surface area (Å²) in [7, 11) is -3.60. The summed E-state index contributed by atoms with van der Waals surface area (Å²) in [5, 5.41) is 2.91. The second-order valence-electron chi connectivity index (χ2n) is 7.21. The van der Waals surface area contributed by atoms with Crippen LogP contribution in [0.3, 0.4) is 0 Å². The summed E-state index contributed by atoms with van der Waals surface area (Å²) in [6.07, 6.45) is 3.20. The number of nitrogens with zero attached hydrogens (tertiary/aromatic N) is 1. The van der Waals surface area contributed by atoms with Crippen molar-refractivity contribution in [2.45, 2.75) is 46.1 Å². The first kappa shape index (κ1) is 22.0. The molecule has 0 bridgehead atoms. The molecule has 0 aliphatic carbocycles. The van der Waals surface area contributed by atoms with Crippen LogP contribution in [0.2, 0.25) is 0 Å². The maximum Gasteiger partial charge on any atom is 0.243 e. The van der Waals surface area contributed by atoms with E-state index in [1.165, 1.54) is 15.4 Å². The Labute approximate surface area is 168 Å². The molecule has 0 aliphatic rings. The van der Waals surface area contributed by atoms with Crippen molar-refractivity contribution in [2.24, 2.45) is 0 Å². The molecule has 0 saturated heterocycles. The minimum Gasteiger partial charge on any atom is -0.354 e. The van der Waals surface area contributed by atoms with Gasteiger partial charge in [-0.25, -0.2) is 8.42 Å². The summed E-state index contributed by atoms with van der Waals surface area (Å²) in [6, 6.07) is 14.7. The van der Waals surface area contributed by atoms with Gasteiger partial charge in [0.25, 0.3) is 0 Å². The number of nitrogens with one attached hydrogen (secondary N) is 1. The van der Waals surface area contributed by atoms with Crippen LogP contribution < -0.4 is 9.62 Å². The van der Waals surface area contributed by atoms with Gasteiger partial charge in [-0.15, -0.1) is 0 Å². The molecule has 0 aromatic heterocycles. The van der Waals surface area contributed by atoms with Crippen molar-refractivity contribution >= 4 is 21.6 Å². The number of aryl methyl sites for hydroxylation is 3. The molecule has 0 unspecified atom stereocenters. The lowest BCUT2D eigenvalue weighted by atomic mass is 10.1. The first-order valence-electron chi connectivity index (χ1n) is 9.61. The van der Waals surface area contributed by atoms with Gasteiger partial charge in [0.2, 0.25) is 15.9 Å². The molecule has 2 rings (SSSR count). The van der Waals surface area contributed by atoms with E-state index in [-0.39, 0.29) is 5.91 Å². The van der Waals surface area contributed by atoms with Gasteiger partial charge < -0.3 is 5.32 Å². The zero-order valence-corrected chi connectivity index (χ0v) is 17.9. The van der Waals surface area contributed by atoms with Crippen molar-refractivity contribution < 1.29 is 13.2 Å². The Balaban J connectivity index is 2.05. The van der Waals surface area contributed by atoms with Gasteiger partial charge in [-0.1, -0.05) is 48.9 Å². The van der Waals surface area contributed by atoms with Crippen LogP contribution in [-0.4, -0.2) is 33.2 Å². The predicted octanol–water partition coefficient (Wildman–Crippen LogP) is 3.60. The molecule has 0 fully saturated rings. The van der Waals surface area contributed by atoms with Gasteiger partial charge in [0, 0.05) is 6.54 Å². The third kappa shape index (κ3) is 6.09. The van der Waals surface area contributed by atoms with Crippen LogP contribution in [0.15, 0.2) is 48.5 Å². The lowest BCUT2D eigenvalue weighted by Gasteiger charge is -2.30. The number of sulfonamides is 1. The van der Waals surface area contributed by atoms with Crippen molar-refractivity contribution in [3.8, 4) is 0 Å². The van der Waals surface area contributed by atoms with E-state index < -0.39 is 16.1 Å². The number of hydrogen-bond acceptors (Lipinski definition) is 3. The predicted molar refractivity (Wildman–Crippen MR) is 115 cm³/mol. The molecule has 28 heavy (non-hydrogen) atoms. The lowest BCUT2D eigenvalue weighted by molar-refractivity contribution is -0.122. The molecule has 0 aliphatic heterocycles. The van der Waals surface area contributed by atoms with Gasteiger partial charge >= 0.3 is 0 Å². The largest absolute Gasteiger partial charge is 0.354 e. The Morgan fingerprint density at radius 1 is 1.07 bits per heavy atom. The van der Waals surface area contributed by atoms with E-state index >= 15 is 0 Å². The SMILES string of the molecule is CC[C@@H](C(=O)NCCCc1cccc(C)c1)N(c1cccc(C)c1)S(C)(=O)=O. The molecule has 152 valence electrons. The second kappa shape index (κ2) is 9.73. The minimum atomic E-state index is -3.60. The molecule has 0 saturated carbocycles. The molecular weight excluding hydrogens is 372 g/mol. The van der Waals surface area contributed by atoms with Gasteiger partial charge in [-0.3, -0.25) is 9.10 Å². The highest BCUT2D eigenvalue weighted by Crippen LogP contribution is 2.23. The van der Waals surface area contributed by atoms with E-state index in [0.29, 0.717) is 18.7 Å². The van der Waals surface area contributed by atoms with Crippen LogP contribution in [-0.2, 0) is 21.2 Å². The minimum absolute atomic E-state index is 0.265. The maximum absolute atomic E-state index is 12.8. The first-order chi connectivity index (χ1) is 13.2. The third-order valence-electron chi connectivity index (χ3n) is 4.61. The van der Waals surface area contributed by atoms with E-state index in [1.54, 1.807) is 18.2 Å². The van der Waals surface area contributed by atoms with Gasteiger partial charge in [0.05, 0.1) is 11.9 Å². The van der Waals surface area contributed by atoms with Gasteiger partial charge in [-0.05, 0) is 56.4 Å². The van der Waals surface area contributed by atoms with Crippen LogP contribution in [0.4, 0.5) is 5.69 Å². The Bertz CT molecular complexity index is 910. The topological polar surface area (TPSA) is 66.5 Å². The van der Waals surface area contributed by atoms with Gasteiger partial charge in [-0.2, -0.15) is 0 Å². The fourth-order valence-corrected chi connectivity index (χ4v) is 4.52. The number of carbonyl (C=O) groups excluding carboxylic acids is 1. The maximum atomic E-state index is 12.8. The lowest BCUT2D eigenvalue weighted by Crippen LogP contribution is -2.49. The molecule has 0 heterocycles. The van der Waals surface area contributed by atoms with Crippen LogP contribution in [0.25, 0.3) is 0 Å². The van der Waals surface area contributed by atoms with Crippen LogP contribution in [0.1, 0.15) is 36.5 Å². The van der Waals surface area contributed by atoms with Crippen molar-refractivity contribution in [3.05, 3.63) is 65.2 Å². The van der Waals surface area contributed by atoms with E-state index in [0.717, 1.165) is 24.7 Å². The summed E-state index contributed by atoms with van der Waals surface area (Å²) in [4.78, 5) is 12.8. The van der Waals surface area contributed by atoms with Crippen LogP contribution in [0.5, 0.6) is 0 Å². The third-order valence-corrected chi connectivity index (χ3v) is 5.79. The summed E-state index contributed by atoms with van der Waals surface area (Å²) >= 11 is 0. The number of rotatable bonds is 9. The van der Waals surface area contributed by atoms with Crippen molar-refractivity contribution in [2.75, 3.05) is 17.1 Å². The zero-order valence-electron chi connectivity index (χ0n) is 17.1. The highest BCUT2D eigenvalue weighted by Gasteiger charge is 2.31. The van der Waals surface area contributed by atoms with Crippen molar-refractivity contribution in [1.82, 2.24) is 5.32 Å². The van der Waals surface area contributed by atoms with E-state index in [9.17, 15) is 13.2 Å². The smallest absolute Gasteiger partial charge is 0.243 e. The molecule has 2 aromatic rings. The standard InChI is InChI=1S/C22H30N2O3S/c1-5-21(24(28(4,26)27)20-13-7-10-18(3)16-20)22(25)23-14-8-12-19-11-6-9-17(2)15-19/h6-7,9-11,13,15-16,21H,5,8,12,14H2,1-4H3,(H,23,25)/t21-/m0/s1. The summed E-state index contributed by atoms with van der Waals surface area (Å²) < 4.78 is 26.1. The molecule has 0 spiro atoms. The summed E-state index contributed by atoms with van der Waals surface area (Å²) in [6.45, 7) is 6.29. The van der Waals surface area contributed by atoms with Crippen LogP contribution in [0, 0.1) is 13.8 Å². The Kier molecular flexibility index (Phi) is 7.63. The Morgan fingerprint density at radius 2 is 1.71 bits per heavy atom. The summed E-state index contributed by atoms with van der Waals surface area (Å²) in [5.41, 5.74) is 3.91. The van der Waals surface area contributed by atoms with E-state index in [4.69, 9.17) is 0 Å². The highest BCUT2D eigenvalue weighted by atomic mass is 32.2. The van der Waals surface area contributed by atoms with Gasteiger partial charge in [0.1, 0.15) is 6.04 Å². The number of benzene rings is 2. The average molecular weight is 403 g/mol. The van der Waals surface area contributed by atoms with Crippen molar-refractivity contribution in [1.29, 1.82) is 0 Å². The fourth-order valence-electron chi connectivity index (χ4n) is 3.31. The molecule has 2 aromatic carbocycles. The van der Waals surface area contributed by atoms with E-state index in [1.807, 2.05) is 26.0 Å². The number of hydrogen-bond donors (Lipinski definition) is 1. The van der Waals surface area contributed by atoms with Crippen LogP contribution >= 0.6 is 0 Å². The monoisotopic (exact) mass is 402 g/mol. The average Bonchev–Trinajstić information content (AvgIpc) is 2.62. The quantitative estimate of drug-likeness (QED) is 0.652. The Morgan fingerprint density at radius 3 is 2.29 bits per heavy atom. The molecule has 5 nitrogen and oxygen atoms in total. The molecular formula is C22H30N2O3S.